The SMILES string of the molecule is C=CC(=O)N1CCN([C@@](C)(Cc2ccc(OC)cc2)C(=O)NCCC)C(=O)C12CC2.CC.O=CO. The van der Waals surface area contributed by atoms with Crippen molar-refractivity contribution in [2.75, 3.05) is 26.7 Å². The molecule has 1 aliphatic carbocycles. The van der Waals surface area contributed by atoms with E-state index >= 15 is 0 Å². The van der Waals surface area contributed by atoms with Gasteiger partial charge in [-0.15, -0.1) is 0 Å². The normalized spacial score (nSPS) is 17.0. The van der Waals surface area contributed by atoms with Crippen molar-refractivity contribution in [1.29, 1.82) is 0 Å². The number of carbonyl (C=O) groups excluding carboxylic acids is 3. The first-order valence-electron chi connectivity index (χ1n) is 12.0. The second kappa shape index (κ2) is 13.5. The van der Waals surface area contributed by atoms with Gasteiger partial charge in [-0.05, 0) is 50.0 Å². The lowest BCUT2D eigenvalue weighted by Gasteiger charge is -2.48. The standard InChI is InChI=1S/C23H31N3O4.C2H6.CH2O2/c1-5-13-24-20(28)22(3,16-17-7-9-18(30-4)10-8-17)26-15-14-25(19(27)6-2)23(11-12-23)21(26)29;1-2;2-1-3/h6-10H,2,5,11-16H2,1,3-4H3,(H,24,28);1-2H3;1H,(H,2,3)/t22-;;/m0../s1. The lowest BCUT2D eigenvalue weighted by atomic mass is 9.87. The van der Waals surface area contributed by atoms with Crippen LogP contribution in [0.2, 0.25) is 0 Å². The van der Waals surface area contributed by atoms with Gasteiger partial charge in [0.05, 0.1) is 7.11 Å². The number of hydrogen-bond donors (Lipinski definition) is 2. The Balaban J connectivity index is 0.00000114. The van der Waals surface area contributed by atoms with E-state index in [1.807, 2.05) is 52.0 Å². The van der Waals surface area contributed by atoms with Crippen molar-refractivity contribution in [3.8, 4) is 5.75 Å². The molecule has 2 aliphatic rings. The number of hydrogen-bond acceptors (Lipinski definition) is 5. The third-order valence-electron chi connectivity index (χ3n) is 6.20. The monoisotopic (exact) mass is 489 g/mol. The maximum atomic E-state index is 13.6. The number of rotatable bonds is 8. The molecule has 1 aliphatic heterocycles. The number of carbonyl (C=O) groups is 4. The summed E-state index contributed by atoms with van der Waals surface area (Å²) in [5.41, 5.74) is -0.942. The van der Waals surface area contributed by atoms with Crippen LogP contribution in [0.1, 0.15) is 52.5 Å². The zero-order valence-electron chi connectivity index (χ0n) is 21.5. The Morgan fingerprint density at radius 1 is 1.23 bits per heavy atom. The first kappa shape index (κ1) is 29.7. The van der Waals surface area contributed by atoms with Crippen molar-refractivity contribution in [1.82, 2.24) is 15.1 Å². The van der Waals surface area contributed by atoms with E-state index in [0.29, 0.717) is 38.9 Å². The number of piperazine rings is 1. The molecule has 1 atom stereocenters. The maximum Gasteiger partial charge on any atom is 0.290 e. The lowest BCUT2D eigenvalue weighted by molar-refractivity contribution is -0.161. The van der Waals surface area contributed by atoms with Gasteiger partial charge in [0.2, 0.25) is 17.7 Å². The predicted octanol–water partition coefficient (Wildman–Crippen LogP) is 2.64. The molecule has 1 aromatic rings. The van der Waals surface area contributed by atoms with Gasteiger partial charge in [-0.25, -0.2) is 0 Å². The fourth-order valence-corrected chi connectivity index (χ4v) is 4.25. The molecular weight excluding hydrogens is 450 g/mol. The van der Waals surface area contributed by atoms with Crippen molar-refractivity contribution < 1.29 is 29.0 Å². The highest BCUT2D eigenvalue weighted by atomic mass is 16.5. The van der Waals surface area contributed by atoms with Crippen LogP contribution in [0.4, 0.5) is 0 Å². The van der Waals surface area contributed by atoms with E-state index in [9.17, 15) is 14.4 Å². The van der Waals surface area contributed by atoms with Gasteiger partial charge in [-0.2, -0.15) is 0 Å². The van der Waals surface area contributed by atoms with Gasteiger partial charge in [0.25, 0.3) is 6.47 Å². The Hall–Kier alpha value is -3.36. The van der Waals surface area contributed by atoms with Crippen molar-refractivity contribution in [2.45, 2.75) is 64.5 Å². The van der Waals surface area contributed by atoms with Crippen LogP contribution in [-0.4, -0.2) is 76.9 Å². The van der Waals surface area contributed by atoms with E-state index in [0.717, 1.165) is 17.7 Å². The van der Waals surface area contributed by atoms with Gasteiger partial charge in [-0.3, -0.25) is 19.2 Å². The summed E-state index contributed by atoms with van der Waals surface area (Å²) < 4.78 is 5.22. The van der Waals surface area contributed by atoms with Gasteiger partial charge in [0.1, 0.15) is 16.8 Å². The number of methoxy groups -OCH3 is 1. The van der Waals surface area contributed by atoms with Gasteiger partial charge < -0.3 is 25.0 Å². The molecule has 3 rings (SSSR count). The van der Waals surface area contributed by atoms with Crippen LogP contribution in [0.3, 0.4) is 0 Å². The third-order valence-corrected chi connectivity index (χ3v) is 6.20. The largest absolute Gasteiger partial charge is 0.497 e. The summed E-state index contributed by atoms with van der Waals surface area (Å²) in [6.07, 6.45) is 3.69. The highest BCUT2D eigenvalue weighted by Crippen LogP contribution is 2.47. The Morgan fingerprint density at radius 3 is 2.26 bits per heavy atom. The Morgan fingerprint density at radius 2 is 1.80 bits per heavy atom. The maximum absolute atomic E-state index is 13.6. The topological polar surface area (TPSA) is 116 Å². The van der Waals surface area contributed by atoms with Gasteiger partial charge >= 0.3 is 0 Å². The number of nitrogens with zero attached hydrogens (tertiary/aromatic N) is 2. The number of benzene rings is 1. The van der Waals surface area contributed by atoms with Crippen LogP contribution in [0.25, 0.3) is 0 Å². The molecule has 0 bridgehead atoms. The summed E-state index contributed by atoms with van der Waals surface area (Å²) in [5.74, 6) is 0.188. The van der Waals surface area contributed by atoms with E-state index in [2.05, 4.69) is 11.9 Å². The molecule has 2 N–H and O–H groups in total. The van der Waals surface area contributed by atoms with Crippen molar-refractivity contribution >= 4 is 24.2 Å². The smallest absolute Gasteiger partial charge is 0.290 e. The molecular formula is C26H39N3O6. The Kier molecular flexibility index (Phi) is 11.5. The molecule has 1 aromatic carbocycles. The zero-order valence-corrected chi connectivity index (χ0v) is 21.5. The molecule has 1 spiro atoms. The third kappa shape index (κ3) is 6.61. The van der Waals surface area contributed by atoms with Crippen molar-refractivity contribution in [3.05, 3.63) is 42.5 Å². The first-order valence-corrected chi connectivity index (χ1v) is 12.0. The molecule has 9 nitrogen and oxygen atoms in total. The van der Waals surface area contributed by atoms with Crippen LogP contribution in [0.15, 0.2) is 36.9 Å². The van der Waals surface area contributed by atoms with Crippen molar-refractivity contribution in [2.24, 2.45) is 0 Å². The molecule has 194 valence electrons. The van der Waals surface area contributed by atoms with E-state index in [-0.39, 0.29) is 24.2 Å². The average molecular weight is 490 g/mol. The summed E-state index contributed by atoms with van der Waals surface area (Å²) in [6.45, 7) is 12.4. The molecule has 1 saturated carbocycles. The van der Waals surface area contributed by atoms with E-state index in [1.165, 1.54) is 6.08 Å². The average Bonchev–Trinajstić information content (AvgIpc) is 3.67. The van der Waals surface area contributed by atoms with Crippen LogP contribution in [0.5, 0.6) is 5.75 Å². The molecule has 2 fully saturated rings. The minimum atomic E-state index is -1.06. The van der Waals surface area contributed by atoms with Gasteiger partial charge in [0.15, 0.2) is 0 Å². The van der Waals surface area contributed by atoms with Gasteiger partial charge in [-0.1, -0.05) is 39.5 Å². The van der Waals surface area contributed by atoms with E-state index in [4.69, 9.17) is 14.6 Å². The molecule has 9 heteroatoms. The number of nitrogens with one attached hydrogen (secondary N) is 1. The van der Waals surface area contributed by atoms with Crippen LogP contribution in [-0.2, 0) is 25.6 Å². The number of carboxylic acid groups (broad SMARTS) is 1. The summed E-state index contributed by atoms with van der Waals surface area (Å²) >= 11 is 0. The first-order chi connectivity index (χ1) is 16.7. The molecule has 3 amide bonds. The summed E-state index contributed by atoms with van der Waals surface area (Å²) in [7, 11) is 1.61. The van der Waals surface area contributed by atoms with Crippen molar-refractivity contribution in [3.63, 3.8) is 0 Å². The summed E-state index contributed by atoms with van der Waals surface area (Å²) in [6, 6.07) is 7.53. The fourth-order valence-electron chi connectivity index (χ4n) is 4.25. The number of ether oxygens (including phenoxy) is 1. The van der Waals surface area contributed by atoms with Crippen LogP contribution >= 0.6 is 0 Å². The minimum Gasteiger partial charge on any atom is -0.497 e. The highest BCUT2D eigenvalue weighted by molar-refractivity contribution is 6.01. The predicted molar refractivity (Wildman–Crippen MR) is 134 cm³/mol. The zero-order chi connectivity index (χ0) is 26.6. The summed E-state index contributed by atoms with van der Waals surface area (Å²) in [5, 5.41) is 9.86. The minimum absolute atomic E-state index is 0.147. The Labute approximate surface area is 208 Å². The number of amides is 3. The quantitative estimate of drug-likeness (QED) is 0.428. The van der Waals surface area contributed by atoms with Crippen LogP contribution in [0, 0.1) is 0 Å². The summed E-state index contributed by atoms with van der Waals surface area (Å²) in [4.78, 5) is 50.8. The molecule has 0 unspecified atom stereocenters. The fraction of sp³-hybridized carbons (Fsp3) is 0.538. The Bertz CT molecular complexity index is 882. The van der Waals surface area contributed by atoms with Crippen LogP contribution < -0.4 is 10.1 Å². The molecule has 0 aromatic heterocycles. The molecule has 35 heavy (non-hydrogen) atoms. The molecule has 0 radical (unpaired) electrons. The lowest BCUT2D eigenvalue weighted by Crippen LogP contribution is -2.69. The van der Waals surface area contributed by atoms with E-state index in [1.54, 1.807) is 16.9 Å². The molecule has 1 heterocycles. The highest BCUT2D eigenvalue weighted by Gasteiger charge is 2.62. The van der Waals surface area contributed by atoms with E-state index < -0.39 is 11.1 Å². The van der Waals surface area contributed by atoms with Gasteiger partial charge in [0, 0.05) is 26.1 Å². The second-order valence-corrected chi connectivity index (χ2v) is 8.34. The molecule has 1 saturated heterocycles. The second-order valence-electron chi connectivity index (χ2n) is 8.34.